The van der Waals surface area contributed by atoms with Gasteiger partial charge in [0, 0.05) is 49.1 Å². The second kappa shape index (κ2) is 9.12. The Bertz CT molecular complexity index is 1250. The molecule has 1 unspecified atom stereocenters. The van der Waals surface area contributed by atoms with Crippen LogP contribution in [0.5, 0.6) is 0 Å². The van der Waals surface area contributed by atoms with Crippen LogP contribution in [-0.2, 0) is 10.4 Å². The van der Waals surface area contributed by atoms with Crippen molar-refractivity contribution in [2.24, 2.45) is 5.92 Å². The molecule has 2 fully saturated rings. The molecule has 8 nitrogen and oxygen atoms in total. The highest BCUT2D eigenvalue weighted by Crippen LogP contribution is 2.36. The van der Waals surface area contributed by atoms with E-state index in [4.69, 9.17) is 10.2 Å². The molecule has 0 spiro atoms. The number of likely N-dealkylation sites (N-methyl/N-ethyl adjacent to an activating group) is 1. The number of aliphatic hydroxyl groups is 1. The van der Waals surface area contributed by atoms with Crippen LogP contribution >= 0.6 is 11.3 Å². The maximum atomic E-state index is 12.5. The number of thiazole rings is 1. The van der Waals surface area contributed by atoms with E-state index in [0.29, 0.717) is 24.5 Å². The molecule has 3 aromatic rings. The van der Waals surface area contributed by atoms with Gasteiger partial charge in [-0.3, -0.25) is 4.79 Å². The van der Waals surface area contributed by atoms with E-state index in [9.17, 15) is 9.90 Å². The standard InChI is InChI=1S/C25H26N6O2S/c1-31-12-10-25(33,23(31)32)18-4-2-3-17(13-18)22-29-21(15-34-22)20-9-11-27-24(30-20)28-19-7-5-16(14-26)6-8-19/h2-4,9,11,13,15-16,19,33H,5-8,10,12H2,1H3,(H,27,28,30). The van der Waals surface area contributed by atoms with Crippen LogP contribution in [0, 0.1) is 17.2 Å². The van der Waals surface area contributed by atoms with Crippen LogP contribution in [0.2, 0.25) is 0 Å². The highest BCUT2D eigenvalue weighted by Gasteiger charge is 2.45. The number of nitriles is 1. The average Bonchev–Trinajstić information content (AvgIpc) is 3.47. The lowest BCUT2D eigenvalue weighted by Gasteiger charge is -2.25. The molecule has 5 rings (SSSR count). The highest BCUT2D eigenvalue weighted by molar-refractivity contribution is 7.13. The molecular formula is C25H26N6O2S. The Labute approximate surface area is 202 Å². The van der Waals surface area contributed by atoms with E-state index in [2.05, 4.69) is 21.4 Å². The number of anilines is 1. The molecule has 2 aromatic heterocycles. The van der Waals surface area contributed by atoms with Gasteiger partial charge in [0.25, 0.3) is 5.91 Å². The predicted molar refractivity (Wildman–Crippen MR) is 130 cm³/mol. The molecular weight excluding hydrogens is 448 g/mol. The van der Waals surface area contributed by atoms with E-state index in [0.717, 1.165) is 47.6 Å². The zero-order valence-corrected chi connectivity index (χ0v) is 19.8. The summed E-state index contributed by atoms with van der Waals surface area (Å²) in [7, 11) is 1.71. The predicted octanol–water partition coefficient (Wildman–Crippen LogP) is 3.81. The number of benzene rings is 1. The summed E-state index contributed by atoms with van der Waals surface area (Å²) in [5, 5.41) is 26.2. The molecule has 3 heterocycles. The quantitative estimate of drug-likeness (QED) is 0.578. The Morgan fingerprint density at radius 1 is 1.21 bits per heavy atom. The maximum absolute atomic E-state index is 12.5. The number of carbonyl (C=O) groups excluding carboxylic acids is 1. The summed E-state index contributed by atoms with van der Waals surface area (Å²) >= 11 is 1.49. The Morgan fingerprint density at radius 3 is 2.76 bits per heavy atom. The summed E-state index contributed by atoms with van der Waals surface area (Å²) in [5.41, 5.74) is 1.44. The van der Waals surface area contributed by atoms with Gasteiger partial charge in [-0.2, -0.15) is 5.26 Å². The van der Waals surface area contributed by atoms with Crippen molar-refractivity contribution < 1.29 is 9.90 Å². The van der Waals surface area contributed by atoms with Crippen molar-refractivity contribution in [3.8, 4) is 28.0 Å². The molecule has 2 N–H and O–H groups in total. The minimum atomic E-state index is -1.48. The van der Waals surface area contributed by atoms with Crippen LogP contribution < -0.4 is 5.32 Å². The van der Waals surface area contributed by atoms with E-state index in [1.165, 1.54) is 11.3 Å². The molecule has 1 aliphatic carbocycles. The lowest BCUT2D eigenvalue weighted by Crippen LogP contribution is -2.36. The van der Waals surface area contributed by atoms with E-state index < -0.39 is 5.60 Å². The first-order chi connectivity index (χ1) is 16.5. The van der Waals surface area contributed by atoms with Gasteiger partial charge in [0.1, 0.15) is 10.7 Å². The molecule has 1 aromatic carbocycles. The van der Waals surface area contributed by atoms with Gasteiger partial charge in [-0.1, -0.05) is 18.2 Å². The number of amides is 1. The first-order valence-electron chi connectivity index (χ1n) is 11.5. The summed E-state index contributed by atoms with van der Waals surface area (Å²) < 4.78 is 0. The topological polar surface area (TPSA) is 115 Å². The highest BCUT2D eigenvalue weighted by atomic mass is 32.1. The van der Waals surface area contributed by atoms with Crippen LogP contribution in [0.25, 0.3) is 22.0 Å². The fourth-order valence-corrected chi connectivity index (χ4v) is 5.49. The van der Waals surface area contributed by atoms with Crippen molar-refractivity contribution in [1.82, 2.24) is 19.9 Å². The van der Waals surface area contributed by atoms with Crippen LogP contribution in [0.15, 0.2) is 41.9 Å². The Kier molecular flexibility index (Phi) is 6.02. The average molecular weight is 475 g/mol. The molecule has 1 atom stereocenters. The molecule has 174 valence electrons. The second-order valence-corrected chi connectivity index (χ2v) is 9.90. The van der Waals surface area contributed by atoms with Gasteiger partial charge in [-0.15, -0.1) is 11.3 Å². The van der Waals surface area contributed by atoms with E-state index >= 15 is 0 Å². The van der Waals surface area contributed by atoms with Gasteiger partial charge in [-0.05, 0) is 43.4 Å². The lowest BCUT2D eigenvalue weighted by atomic mass is 9.87. The molecule has 9 heteroatoms. The van der Waals surface area contributed by atoms with Gasteiger partial charge in [0.05, 0.1) is 11.8 Å². The number of likely N-dealkylation sites (tertiary alicyclic amines) is 1. The second-order valence-electron chi connectivity index (χ2n) is 9.04. The summed E-state index contributed by atoms with van der Waals surface area (Å²) in [6, 6.07) is 11.9. The third kappa shape index (κ3) is 4.27. The third-order valence-corrected chi connectivity index (χ3v) is 7.65. The maximum Gasteiger partial charge on any atom is 0.258 e. The monoisotopic (exact) mass is 474 g/mol. The van der Waals surface area contributed by atoms with Gasteiger partial charge < -0.3 is 15.3 Å². The van der Waals surface area contributed by atoms with Gasteiger partial charge >= 0.3 is 0 Å². The van der Waals surface area contributed by atoms with Crippen LogP contribution in [0.4, 0.5) is 5.95 Å². The summed E-state index contributed by atoms with van der Waals surface area (Å²) in [6.45, 7) is 0.533. The van der Waals surface area contributed by atoms with Gasteiger partial charge in [0.2, 0.25) is 5.95 Å². The summed E-state index contributed by atoms with van der Waals surface area (Å²) in [6.07, 6.45) is 5.78. The van der Waals surface area contributed by atoms with E-state index in [1.807, 2.05) is 29.6 Å². The minimum absolute atomic E-state index is 0.158. The molecule has 1 amide bonds. The number of aromatic nitrogens is 3. The van der Waals surface area contributed by atoms with E-state index in [-0.39, 0.29) is 17.9 Å². The first kappa shape index (κ1) is 22.4. The number of hydrogen-bond donors (Lipinski definition) is 2. The Morgan fingerprint density at radius 2 is 2.03 bits per heavy atom. The zero-order valence-electron chi connectivity index (χ0n) is 18.9. The normalized spacial score (nSPS) is 24.7. The molecule has 34 heavy (non-hydrogen) atoms. The Balaban J connectivity index is 1.34. The lowest BCUT2D eigenvalue weighted by molar-refractivity contribution is -0.143. The molecule has 0 bridgehead atoms. The number of nitrogens with one attached hydrogen (secondary N) is 1. The van der Waals surface area contributed by atoms with Gasteiger partial charge in [0.15, 0.2) is 5.60 Å². The van der Waals surface area contributed by atoms with Crippen molar-refractivity contribution in [2.45, 2.75) is 43.7 Å². The number of carbonyl (C=O) groups is 1. The van der Waals surface area contributed by atoms with E-state index in [1.54, 1.807) is 24.2 Å². The first-order valence-corrected chi connectivity index (χ1v) is 12.4. The summed E-state index contributed by atoms with van der Waals surface area (Å²) in [5.74, 6) is 0.456. The molecule has 1 saturated heterocycles. The Hall–Kier alpha value is -3.35. The molecule has 2 aliphatic rings. The fourth-order valence-electron chi connectivity index (χ4n) is 4.68. The van der Waals surface area contributed by atoms with Crippen molar-refractivity contribution in [2.75, 3.05) is 18.9 Å². The molecule has 1 aliphatic heterocycles. The number of hydrogen-bond acceptors (Lipinski definition) is 8. The number of nitrogens with zero attached hydrogens (tertiary/aromatic N) is 5. The van der Waals surface area contributed by atoms with Crippen LogP contribution in [0.1, 0.15) is 37.7 Å². The zero-order chi connectivity index (χ0) is 23.7. The SMILES string of the molecule is CN1CCC(O)(c2cccc(-c3nc(-c4ccnc(NC5CCC(C#N)CC5)n4)cs3)c2)C1=O. The number of rotatable bonds is 5. The molecule has 0 radical (unpaired) electrons. The fraction of sp³-hybridized carbons (Fsp3) is 0.400. The largest absolute Gasteiger partial charge is 0.375 e. The van der Waals surface area contributed by atoms with Crippen molar-refractivity contribution in [1.29, 1.82) is 5.26 Å². The summed E-state index contributed by atoms with van der Waals surface area (Å²) in [4.78, 5) is 27.9. The van der Waals surface area contributed by atoms with Gasteiger partial charge in [-0.25, -0.2) is 15.0 Å². The smallest absolute Gasteiger partial charge is 0.258 e. The third-order valence-electron chi connectivity index (χ3n) is 6.76. The van der Waals surface area contributed by atoms with Crippen molar-refractivity contribution in [3.63, 3.8) is 0 Å². The van der Waals surface area contributed by atoms with Crippen molar-refractivity contribution in [3.05, 3.63) is 47.5 Å². The minimum Gasteiger partial charge on any atom is -0.375 e. The molecule has 1 saturated carbocycles. The van der Waals surface area contributed by atoms with Crippen LogP contribution in [0.3, 0.4) is 0 Å². The van der Waals surface area contributed by atoms with Crippen LogP contribution in [-0.4, -0.2) is 50.5 Å². The van der Waals surface area contributed by atoms with Crippen molar-refractivity contribution >= 4 is 23.2 Å².